The van der Waals surface area contributed by atoms with Crippen LogP contribution in [0.25, 0.3) is 11.0 Å². The van der Waals surface area contributed by atoms with Gasteiger partial charge in [-0.05, 0) is 12.1 Å². The van der Waals surface area contributed by atoms with Gasteiger partial charge in [0.25, 0.3) is 0 Å². The minimum Gasteiger partial charge on any atom is -0.384 e. The fourth-order valence-electron chi connectivity index (χ4n) is 2.01. The van der Waals surface area contributed by atoms with Gasteiger partial charge in [-0.1, -0.05) is 23.7 Å². The van der Waals surface area contributed by atoms with Gasteiger partial charge in [-0.15, -0.1) is 0 Å². The van der Waals surface area contributed by atoms with E-state index in [1.54, 1.807) is 0 Å². The van der Waals surface area contributed by atoms with Gasteiger partial charge in [-0.3, -0.25) is 0 Å². The van der Waals surface area contributed by atoms with Crippen LogP contribution >= 0.6 is 11.6 Å². The van der Waals surface area contributed by atoms with Gasteiger partial charge in [-0.25, -0.2) is 22.8 Å². The minimum atomic E-state index is -4.18. The fraction of sp³-hybridized carbons (Fsp3) is 0. The lowest BCUT2D eigenvalue weighted by molar-refractivity contribution is 0.567. The first-order chi connectivity index (χ1) is 9.93. The molecular weight excluding hydrogens is 319 g/mol. The van der Waals surface area contributed by atoms with Crippen molar-refractivity contribution in [3.63, 3.8) is 0 Å². The average Bonchev–Trinajstić information content (AvgIpc) is 2.77. The van der Waals surface area contributed by atoms with Gasteiger partial charge in [0.1, 0.15) is 38.8 Å². The zero-order valence-corrected chi connectivity index (χ0v) is 11.9. The highest BCUT2D eigenvalue weighted by Crippen LogP contribution is 2.34. The molecule has 3 rings (SSSR count). The number of aromatic nitrogens is 3. The number of H-pyrrole nitrogens is 1. The molecule has 0 amide bonds. The van der Waals surface area contributed by atoms with Gasteiger partial charge in [0.2, 0.25) is 9.84 Å². The second kappa shape index (κ2) is 4.68. The Bertz CT molecular complexity index is 955. The summed E-state index contributed by atoms with van der Waals surface area (Å²) >= 11 is 5.86. The van der Waals surface area contributed by atoms with E-state index in [-0.39, 0.29) is 26.9 Å². The van der Waals surface area contributed by atoms with E-state index in [0.29, 0.717) is 0 Å². The predicted molar refractivity (Wildman–Crippen MR) is 75.2 cm³/mol. The molecule has 1 aromatic carbocycles. The number of hydrogen-bond acceptors (Lipinski definition) is 5. The highest BCUT2D eigenvalue weighted by Gasteiger charge is 2.29. The molecule has 0 saturated heterocycles. The Hall–Kier alpha value is -2.19. The van der Waals surface area contributed by atoms with Crippen molar-refractivity contribution >= 4 is 38.3 Å². The van der Waals surface area contributed by atoms with E-state index in [9.17, 15) is 12.8 Å². The first-order valence-corrected chi connectivity index (χ1v) is 7.56. The maximum absolute atomic E-state index is 13.8. The number of nitrogens with one attached hydrogen (secondary N) is 1. The summed E-state index contributed by atoms with van der Waals surface area (Å²) in [6.45, 7) is 0. The van der Waals surface area contributed by atoms with Crippen LogP contribution in [0.3, 0.4) is 0 Å². The number of benzene rings is 1. The molecule has 0 fully saturated rings. The number of rotatable bonds is 2. The molecule has 0 saturated carbocycles. The molecule has 108 valence electrons. The number of nitrogens with zero attached hydrogens (tertiary/aromatic N) is 2. The van der Waals surface area contributed by atoms with Crippen molar-refractivity contribution in [1.29, 1.82) is 0 Å². The zero-order valence-electron chi connectivity index (χ0n) is 10.3. The van der Waals surface area contributed by atoms with E-state index < -0.39 is 20.5 Å². The van der Waals surface area contributed by atoms with Crippen LogP contribution in [0, 0.1) is 5.82 Å². The largest absolute Gasteiger partial charge is 0.384 e. The molecule has 0 aliphatic carbocycles. The lowest BCUT2D eigenvalue weighted by Crippen LogP contribution is -2.07. The number of nitrogens with two attached hydrogens (primary N) is 1. The molecule has 3 N–H and O–H groups in total. The lowest BCUT2D eigenvalue weighted by atomic mass is 10.3. The Morgan fingerprint density at radius 2 is 1.95 bits per heavy atom. The van der Waals surface area contributed by atoms with Crippen LogP contribution in [0.2, 0.25) is 5.15 Å². The molecule has 0 spiro atoms. The quantitative estimate of drug-likeness (QED) is 0.703. The SMILES string of the molecule is Nc1[nH]c2c(Cl)ncnc2c1S(=O)(=O)c1ccccc1F. The molecule has 0 atom stereocenters. The molecule has 2 aromatic heterocycles. The van der Waals surface area contributed by atoms with Crippen molar-refractivity contribution in [3.05, 3.63) is 41.6 Å². The van der Waals surface area contributed by atoms with Crippen molar-refractivity contribution in [2.24, 2.45) is 0 Å². The molecule has 0 unspecified atom stereocenters. The summed E-state index contributed by atoms with van der Waals surface area (Å²) in [5, 5.41) is 0.0293. The van der Waals surface area contributed by atoms with E-state index in [1.807, 2.05) is 0 Å². The van der Waals surface area contributed by atoms with E-state index in [4.69, 9.17) is 17.3 Å². The number of fused-ring (bicyclic) bond motifs is 1. The second-order valence-electron chi connectivity index (χ2n) is 4.19. The van der Waals surface area contributed by atoms with Gasteiger partial charge < -0.3 is 10.7 Å². The Morgan fingerprint density at radius 3 is 2.67 bits per heavy atom. The van der Waals surface area contributed by atoms with E-state index in [2.05, 4.69) is 15.0 Å². The van der Waals surface area contributed by atoms with Crippen LogP contribution in [0.1, 0.15) is 0 Å². The summed E-state index contributed by atoms with van der Waals surface area (Å²) in [5.74, 6) is -1.04. The second-order valence-corrected chi connectivity index (χ2v) is 6.40. The smallest absolute Gasteiger partial charge is 0.215 e. The third-order valence-electron chi connectivity index (χ3n) is 2.92. The lowest BCUT2D eigenvalue weighted by Gasteiger charge is -2.05. The molecule has 2 heterocycles. The van der Waals surface area contributed by atoms with Gasteiger partial charge in [0.15, 0.2) is 5.15 Å². The Labute approximate surface area is 123 Å². The van der Waals surface area contributed by atoms with Crippen LogP contribution in [0.15, 0.2) is 40.4 Å². The van der Waals surface area contributed by atoms with Gasteiger partial charge in [-0.2, -0.15) is 0 Å². The molecule has 6 nitrogen and oxygen atoms in total. The van der Waals surface area contributed by atoms with E-state index >= 15 is 0 Å². The highest BCUT2D eigenvalue weighted by molar-refractivity contribution is 7.92. The molecule has 0 bridgehead atoms. The molecular formula is C12H8ClFN4O2S. The first kappa shape index (κ1) is 13.8. The topological polar surface area (TPSA) is 102 Å². The van der Waals surface area contributed by atoms with Crippen molar-refractivity contribution in [2.75, 3.05) is 5.73 Å². The molecule has 9 heteroatoms. The summed E-state index contributed by atoms with van der Waals surface area (Å²) in [4.78, 5) is 9.43. The van der Waals surface area contributed by atoms with Crippen LogP contribution < -0.4 is 5.73 Å². The number of anilines is 1. The maximum atomic E-state index is 13.8. The van der Waals surface area contributed by atoms with E-state index in [1.165, 1.54) is 12.1 Å². The highest BCUT2D eigenvalue weighted by atomic mass is 35.5. The summed E-state index contributed by atoms with van der Waals surface area (Å²) in [6.07, 6.45) is 1.11. The first-order valence-electron chi connectivity index (χ1n) is 5.70. The van der Waals surface area contributed by atoms with Gasteiger partial charge in [0.05, 0.1) is 0 Å². The predicted octanol–water partition coefficient (Wildman–Crippen LogP) is 2.17. The van der Waals surface area contributed by atoms with Crippen LogP contribution in [0.4, 0.5) is 10.2 Å². The van der Waals surface area contributed by atoms with E-state index in [0.717, 1.165) is 18.5 Å². The maximum Gasteiger partial charge on any atom is 0.215 e. The minimum absolute atomic E-state index is 0.0238. The summed E-state index contributed by atoms with van der Waals surface area (Å²) < 4.78 is 39.0. The Balaban J connectivity index is 2.38. The van der Waals surface area contributed by atoms with Gasteiger partial charge >= 0.3 is 0 Å². The molecule has 3 aromatic rings. The molecule has 0 aliphatic heterocycles. The van der Waals surface area contributed by atoms with Crippen molar-refractivity contribution < 1.29 is 12.8 Å². The van der Waals surface area contributed by atoms with Crippen molar-refractivity contribution in [3.8, 4) is 0 Å². The molecule has 21 heavy (non-hydrogen) atoms. The zero-order chi connectivity index (χ0) is 15.2. The normalized spacial score (nSPS) is 11.9. The molecule has 0 aliphatic rings. The third-order valence-corrected chi connectivity index (χ3v) is 5.06. The standard InChI is InChI=1S/C12H8ClFN4O2S/c13-11-9-8(16-5-17-11)10(12(15)18-9)21(19,20)7-4-2-1-3-6(7)14/h1-5,18H,15H2. The number of aromatic amines is 1. The monoisotopic (exact) mass is 326 g/mol. The van der Waals surface area contributed by atoms with Gasteiger partial charge in [0, 0.05) is 0 Å². The van der Waals surface area contributed by atoms with Crippen molar-refractivity contribution in [2.45, 2.75) is 9.79 Å². The summed E-state index contributed by atoms with van der Waals surface area (Å²) in [5.41, 5.74) is 5.92. The fourth-order valence-corrected chi connectivity index (χ4v) is 3.74. The number of sulfone groups is 1. The Kier molecular flexibility index (Phi) is 3.07. The molecule has 0 radical (unpaired) electrons. The van der Waals surface area contributed by atoms with Crippen LogP contribution in [-0.2, 0) is 9.84 Å². The average molecular weight is 327 g/mol. The number of hydrogen-bond donors (Lipinski definition) is 2. The number of halogens is 2. The third kappa shape index (κ3) is 2.03. The van der Waals surface area contributed by atoms with Crippen LogP contribution in [-0.4, -0.2) is 23.4 Å². The number of nitrogen functional groups attached to an aromatic ring is 1. The summed E-state index contributed by atoms with van der Waals surface area (Å²) in [7, 11) is -4.18. The summed E-state index contributed by atoms with van der Waals surface area (Å²) in [6, 6.07) is 5.03. The Morgan fingerprint density at radius 1 is 1.24 bits per heavy atom. The van der Waals surface area contributed by atoms with Crippen LogP contribution in [0.5, 0.6) is 0 Å². The van der Waals surface area contributed by atoms with Crippen molar-refractivity contribution in [1.82, 2.24) is 15.0 Å².